The summed E-state index contributed by atoms with van der Waals surface area (Å²) in [7, 11) is 0. The highest BCUT2D eigenvalue weighted by atomic mass is 16.5. The third-order valence-corrected chi connectivity index (χ3v) is 3.62. The van der Waals surface area contributed by atoms with E-state index in [1.54, 1.807) is 12.1 Å². The van der Waals surface area contributed by atoms with Gasteiger partial charge in [-0.2, -0.15) is 0 Å². The zero-order valence-electron chi connectivity index (χ0n) is 10.2. The highest BCUT2D eigenvalue weighted by Gasteiger charge is 2.45. The third kappa shape index (κ3) is 1.31. The number of nitrogens with zero attached hydrogens (tertiary/aromatic N) is 1. The number of carbonyl (C=O) groups excluding carboxylic acids is 1. The van der Waals surface area contributed by atoms with Gasteiger partial charge in [-0.25, -0.2) is 4.68 Å². The number of aromatic amines is 1. The Morgan fingerprint density at radius 1 is 1.25 bits per heavy atom. The van der Waals surface area contributed by atoms with Gasteiger partial charge in [0.15, 0.2) is 0 Å². The summed E-state index contributed by atoms with van der Waals surface area (Å²) in [5.41, 5.74) is 0.485. The predicted molar refractivity (Wildman–Crippen MR) is 70.1 cm³/mol. The molecular weight excluding hydrogens is 260 g/mol. The molecule has 0 saturated carbocycles. The first-order valence-corrected chi connectivity index (χ1v) is 6.13. The molecule has 100 valence electrons. The first-order valence-electron chi connectivity index (χ1n) is 6.13. The third-order valence-electron chi connectivity index (χ3n) is 3.62. The maximum atomic E-state index is 12.1. The van der Waals surface area contributed by atoms with Gasteiger partial charge in [-0.15, -0.1) is 0 Å². The number of benzene rings is 1. The Balaban J connectivity index is 1.92. The fraction of sp³-hybridized carbons (Fsp3) is 0.154. The number of nitrogens with one attached hydrogen (secondary N) is 3. The summed E-state index contributed by atoms with van der Waals surface area (Å²) in [5.74, 6) is -0.298. The first kappa shape index (κ1) is 11.0. The number of carbonyl (C=O) groups is 1. The van der Waals surface area contributed by atoms with Gasteiger partial charge in [-0.3, -0.25) is 20.1 Å². The minimum atomic E-state index is -0.777. The lowest BCUT2D eigenvalue weighted by Gasteiger charge is -2.36. The second-order valence-electron chi connectivity index (χ2n) is 4.78. The van der Waals surface area contributed by atoms with Gasteiger partial charge >= 0.3 is 5.97 Å². The Morgan fingerprint density at radius 3 is 2.90 bits per heavy atom. The van der Waals surface area contributed by atoms with Gasteiger partial charge in [-0.05, 0) is 6.07 Å². The molecule has 3 N–H and O–H groups in total. The van der Waals surface area contributed by atoms with E-state index in [-0.39, 0.29) is 11.4 Å². The number of ether oxygens (including phenoxy) is 1. The molecule has 1 aromatic heterocycles. The number of hydrogen-bond donors (Lipinski definition) is 3. The van der Waals surface area contributed by atoms with E-state index in [1.165, 1.54) is 10.7 Å². The van der Waals surface area contributed by atoms with Crippen molar-refractivity contribution < 1.29 is 9.53 Å². The van der Waals surface area contributed by atoms with Gasteiger partial charge in [0.05, 0.1) is 6.04 Å². The second-order valence-corrected chi connectivity index (χ2v) is 4.78. The van der Waals surface area contributed by atoms with Crippen LogP contribution in [0.1, 0.15) is 11.6 Å². The molecule has 2 aliphatic heterocycles. The van der Waals surface area contributed by atoms with Gasteiger partial charge in [0.1, 0.15) is 23.3 Å². The van der Waals surface area contributed by atoms with E-state index in [1.807, 2.05) is 12.1 Å². The Bertz CT molecular complexity index is 804. The second kappa shape index (κ2) is 3.60. The van der Waals surface area contributed by atoms with E-state index in [0.29, 0.717) is 11.6 Å². The fourth-order valence-corrected chi connectivity index (χ4v) is 2.73. The molecule has 0 radical (unpaired) electrons. The first-order chi connectivity index (χ1) is 9.65. The normalized spacial score (nSPS) is 23.2. The zero-order chi connectivity index (χ0) is 13.9. The summed E-state index contributed by atoms with van der Waals surface area (Å²) < 4.78 is 6.54. The van der Waals surface area contributed by atoms with E-state index >= 15 is 0 Å². The summed E-state index contributed by atoms with van der Waals surface area (Å²) in [6.07, 6.45) is 0. The molecule has 4 rings (SSSR count). The van der Waals surface area contributed by atoms with Gasteiger partial charge in [-0.1, -0.05) is 18.2 Å². The Morgan fingerprint density at radius 2 is 2.05 bits per heavy atom. The van der Waals surface area contributed by atoms with Crippen LogP contribution >= 0.6 is 0 Å². The molecule has 20 heavy (non-hydrogen) atoms. The molecule has 1 aromatic carbocycles. The number of rotatable bonds is 0. The highest BCUT2D eigenvalue weighted by molar-refractivity contribution is 6.05. The molecule has 0 spiro atoms. The largest absolute Gasteiger partial charge is 0.426 e. The lowest BCUT2D eigenvalue weighted by atomic mass is 9.88. The summed E-state index contributed by atoms with van der Waals surface area (Å²) in [6, 6.07) is 8.17. The average Bonchev–Trinajstić information content (AvgIpc) is 2.79. The summed E-state index contributed by atoms with van der Waals surface area (Å²) in [4.78, 5) is 23.5. The molecular formula is C13H10N4O3. The minimum absolute atomic E-state index is 0.00496. The molecule has 2 atom stereocenters. The van der Waals surface area contributed by atoms with Crippen LogP contribution in [0.2, 0.25) is 0 Å². The van der Waals surface area contributed by atoms with Gasteiger partial charge in [0, 0.05) is 11.6 Å². The van der Waals surface area contributed by atoms with Crippen LogP contribution in [0.4, 0.5) is 5.82 Å². The van der Waals surface area contributed by atoms with Crippen LogP contribution in [-0.4, -0.2) is 21.6 Å². The van der Waals surface area contributed by atoms with Crippen molar-refractivity contribution in [3.8, 4) is 5.75 Å². The van der Waals surface area contributed by atoms with E-state index < -0.39 is 17.9 Å². The standard InChI is InChI=1S/C13H10N4O3/c14-12-10-11(15-8-5-9(18)16-17(8)12)6-3-1-2-4-7(6)20-13(10)19/h1-5,10-11,14-15H,(H,16,18). The molecule has 7 nitrogen and oxygen atoms in total. The lowest BCUT2D eigenvalue weighted by Crippen LogP contribution is -2.46. The van der Waals surface area contributed by atoms with Crippen molar-refractivity contribution in [3.63, 3.8) is 0 Å². The molecule has 2 unspecified atom stereocenters. The lowest BCUT2D eigenvalue weighted by molar-refractivity contribution is -0.138. The number of para-hydroxylation sites is 1. The van der Waals surface area contributed by atoms with Gasteiger partial charge in [0.2, 0.25) is 0 Å². The van der Waals surface area contributed by atoms with Crippen molar-refractivity contribution in [1.29, 1.82) is 5.41 Å². The maximum Gasteiger partial charge on any atom is 0.324 e. The van der Waals surface area contributed by atoms with E-state index in [2.05, 4.69) is 10.4 Å². The molecule has 0 fully saturated rings. The van der Waals surface area contributed by atoms with Crippen molar-refractivity contribution in [2.45, 2.75) is 6.04 Å². The Labute approximate surface area is 112 Å². The number of fused-ring (bicyclic) bond motifs is 4. The molecule has 2 aromatic rings. The Kier molecular flexibility index (Phi) is 1.98. The van der Waals surface area contributed by atoms with Crippen LogP contribution in [0.3, 0.4) is 0 Å². The maximum absolute atomic E-state index is 12.1. The average molecular weight is 270 g/mol. The summed E-state index contributed by atoms with van der Waals surface area (Å²) in [6.45, 7) is 0. The van der Waals surface area contributed by atoms with Crippen LogP contribution in [0.25, 0.3) is 0 Å². The van der Waals surface area contributed by atoms with Crippen LogP contribution in [0.5, 0.6) is 5.75 Å². The molecule has 0 aliphatic carbocycles. The monoisotopic (exact) mass is 270 g/mol. The van der Waals surface area contributed by atoms with E-state index in [9.17, 15) is 9.59 Å². The van der Waals surface area contributed by atoms with Crippen molar-refractivity contribution in [1.82, 2.24) is 9.78 Å². The Hall–Kier alpha value is -2.83. The van der Waals surface area contributed by atoms with Crippen LogP contribution in [0.15, 0.2) is 35.1 Å². The van der Waals surface area contributed by atoms with Crippen molar-refractivity contribution in [3.05, 3.63) is 46.2 Å². The van der Waals surface area contributed by atoms with Crippen LogP contribution < -0.4 is 15.6 Å². The van der Waals surface area contributed by atoms with Crippen molar-refractivity contribution >= 4 is 17.6 Å². The molecule has 3 heterocycles. The quantitative estimate of drug-likeness (QED) is 0.484. The van der Waals surface area contributed by atoms with E-state index in [0.717, 1.165) is 5.56 Å². The SMILES string of the molecule is N=C1C2C(=O)Oc3ccccc3C2Nc2cc(=O)[nH]n21. The minimum Gasteiger partial charge on any atom is -0.426 e. The smallest absolute Gasteiger partial charge is 0.324 e. The fourth-order valence-electron chi connectivity index (χ4n) is 2.73. The van der Waals surface area contributed by atoms with Crippen LogP contribution in [-0.2, 0) is 4.79 Å². The highest BCUT2D eigenvalue weighted by Crippen LogP contribution is 2.40. The van der Waals surface area contributed by atoms with Gasteiger partial charge in [0.25, 0.3) is 5.56 Å². The predicted octanol–water partition coefficient (Wildman–Crippen LogP) is 0.704. The molecule has 0 amide bonds. The number of hydrogen-bond acceptors (Lipinski definition) is 5. The van der Waals surface area contributed by atoms with Gasteiger partial charge < -0.3 is 10.1 Å². The molecule has 0 bridgehead atoms. The zero-order valence-corrected chi connectivity index (χ0v) is 10.2. The number of H-pyrrole nitrogens is 1. The summed E-state index contributed by atoms with van der Waals surface area (Å²) in [5, 5.41) is 13.7. The van der Waals surface area contributed by atoms with Crippen molar-refractivity contribution in [2.24, 2.45) is 5.92 Å². The number of esters is 1. The summed E-state index contributed by atoms with van der Waals surface area (Å²) >= 11 is 0. The molecule has 0 saturated heterocycles. The topological polar surface area (TPSA) is 100.0 Å². The number of anilines is 1. The van der Waals surface area contributed by atoms with Crippen molar-refractivity contribution in [2.75, 3.05) is 5.32 Å². The van der Waals surface area contributed by atoms with E-state index in [4.69, 9.17) is 10.1 Å². The molecule has 7 heteroatoms. The van der Waals surface area contributed by atoms with Crippen LogP contribution in [0, 0.1) is 11.3 Å². The molecule has 2 aliphatic rings. The number of aromatic nitrogens is 2.